The van der Waals surface area contributed by atoms with Gasteiger partial charge in [-0.2, -0.15) is 0 Å². The standard InChI is InChI=1S/C20H23ClN2O6/c21-15-2-1-14(4-16(15)23(27)28)22-17(24)10-29-18(25)9-19-5-12-3-13(6-19)8-20(26,7-12)11-19/h1-2,4,12-13,26H,3,5-11H2,(H,22,24)/t12-,13+,19?,20?. The van der Waals surface area contributed by atoms with E-state index in [0.717, 1.165) is 38.2 Å². The summed E-state index contributed by atoms with van der Waals surface area (Å²) >= 11 is 5.75. The molecule has 4 fully saturated rings. The number of anilines is 1. The van der Waals surface area contributed by atoms with Crippen LogP contribution in [0.25, 0.3) is 0 Å². The predicted octanol–water partition coefficient (Wildman–Crippen LogP) is 3.45. The van der Waals surface area contributed by atoms with E-state index in [2.05, 4.69) is 5.32 Å². The molecule has 4 aliphatic rings. The van der Waals surface area contributed by atoms with Gasteiger partial charge in [-0.1, -0.05) is 11.6 Å². The summed E-state index contributed by atoms with van der Waals surface area (Å²) in [5.41, 5.74) is -0.986. The highest BCUT2D eigenvalue weighted by Gasteiger charge is 2.57. The molecule has 1 amide bonds. The number of ether oxygens (including phenoxy) is 1. The Kier molecular flexibility index (Phi) is 5.02. The lowest BCUT2D eigenvalue weighted by Gasteiger charge is -2.60. The fourth-order valence-corrected chi connectivity index (χ4v) is 6.23. The fourth-order valence-electron chi connectivity index (χ4n) is 6.04. The van der Waals surface area contributed by atoms with Crippen LogP contribution in [0.15, 0.2) is 18.2 Å². The van der Waals surface area contributed by atoms with Crippen molar-refractivity contribution < 1.29 is 24.4 Å². The minimum absolute atomic E-state index is 0.0309. The van der Waals surface area contributed by atoms with Crippen molar-refractivity contribution in [1.29, 1.82) is 0 Å². The molecule has 0 spiro atoms. The van der Waals surface area contributed by atoms with E-state index in [1.807, 2.05) is 0 Å². The van der Waals surface area contributed by atoms with E-state index in [1.165, 1.54) is 12.1 Å². The van der Waals surface area contributed by atoms with Crippen molar-refractivity contribution in [1.82, 2.24) is 0 Å². The zero-order valence-electron chi connectivity index (χ0n) is 15.9. The van der Waals surface area contributed by atoms with Gasteiger partial charge in [0.05, 0.1) is 16.9 Å². The van der Waals surface area contributed by atoms with Crippen molar-refractivity contribution in [3.63, 3.8) is 0 Å². The SMILES string of the molecule is O=C(COC(=O)CC12C[C@@H]3C[C@@H](CC(O)(C3)C1)C2)Nc1ccc(Cl)c([N+](=O)[O-])c1. The van der Waals surface area contributed by atoms with E-state index in [1.54, 1.807) is 0 Å². The molecule has 4 saturated carbocycles. The molecule has 0 aliphatic heterocycles. The minimum Gasteiger partial charge on any atom is -0.456 e. The molecule has 0 heterocycles. The van der Waals surface area contributed by atoms with E-state index < -0.39 is 29.0 Å². The van der Waals surface area contributed by atoms with Crippen LogP contribution < -0.4 is 5.32 Å². The molecule has 9 heteroatoms. The third-order valence-electron chi connectivity index (χ3n) is 6.46. The van der Waals surface area contributed by atoms with Gasteiger partial charge in [0, 0.05) is 11.8 Å². The second-order valence-electron chi connectivity index (χ2n) is 8.99. The Morgan fingerprint density at radius 2 is 1.97 bits per heavy atom. The lowest BCUT2D eigenvalue weighted by Crippen LogP contribution is -2.56. The summed E-state index contributed by atoms with van der Waals surface area (Å²) in [5.74, 6) is -0.0945. The first-order valence-electron chi connectivity index (χ1n) is 9.77. The summed E-state index contributed by atoms with van der Waals surface area (Å²) in [6, 6.07) is 3.91. The van der Waals surface area contributed by atoms with Crippen molar-refractivity contribution >= 4 is 34.9 Å². The summed E-state index contributed by atoms with van der Waals surface area (Å²) in [6.45, 7) is -0.470. The number of amides is 1. The summed E-state index contributed by atoms with van der Waals surface area (Å²) in [4.78, 5) is 34.7. The van der Waals surface area contributed by atoms with Crippen molar-refractivity contribution in [3.05, 3.63) is 33.3 Å². The van der Waals surface area contributed by atoms with Crippen LogP contribution in [0.5, 0.6) is 0 Å². The molecule has 8 nitrogen and oxygen atoms in total. The lowest BCUT2D eigenvalue weighted by molar-refractivity contribution is -0.384. The van der Waals surface area contributed by atoms with E-state index in [9.17, 15) is 24.8 Å². The molecule has 4 aliphatic carbocycles. The van der Waals surface area contributed by atoms with Crippen LogP contribution in [0, 0.1) is 27.4 Å². The number of nitrogens with zero attached hydrogens (tertiary/aromatic N) is 1. The number of nitro groups is 1. The monoisotopic (exact) mass is 422 g/mol. The second kappa shape index (κ2) is 7.25. The molecule has 156 valence electrons. The number of carbonyl (C=O) groups excluding carboxylic acids is 2. The zero-order valence-corrected chi connectivity index (χ0v) is 16.6. The van der Waals surface area contributed by atoms with Gasteiger partial charge in [-0.25, -0.2) is 0 Å². The molecular formula is C20H23ClN2O6. The zero-order chi connectivity index (χ0) is 20.8. The Morgan fingerprint density at radius 3 is 2.59 bits per heavy atom. The van der Waals surface area contributed by atoms with E-state index in [-0.39, 0.29) is 28.2 Å². The van der Waals surface area contributed by atoms with Crippen molar-refractivity contribution in [2.75, 3.05) is 11.9 Å². The number of nitrogens with one attached hydrogen (secondary N) is 1. The number of nitro benzene ring substituents is 1. The predicted molar refractivity (Wildman–Crippen MR) is 104 cm³/mol. The molecule has 1 aromatic rings. The highest BCUT2D eigenvalue weighted by Crippen LogP contribution is 2.62. The van der Waals surface area contributed by atoms with Gasteiger partial charge in [-0.05, 0) is 67.9 Å². The summed E-state index contributed by atoms with van der Waals surface area (Å²) in [5, 5.41) is 24.1. The van der Waals surface area contributed by atoms with Crippen LogP contribution in [-0.4, -0.2) is 34.1 Å². The summed E-state index contributed by atoms with van der Waals surface area (Å²) in [7, 11) is 0. The molecule has 4 bridgehead atoms. The Hall–Kier alpha value is -2.19. The summed E-state index contributed by atoms with van der Waals surface area (Å²) < 4.78 is 5.16. The van der Waals surface area contributed by atoms with Crippen molar-refractivity contribution in [3.8, 4) is 0 Å². The Balaban J connectivity index is 1.31. The molecule has 5 rings (SSSR count). The van der Waals surface area contributed by atoms with Crippen molar-refractivity contribution in [2.24, 2.45) is 17.3 Å². The summed E-state index contributed by atoms with van der Waals surface area (Å²) in [6.07, 6.45) is 5.49. The average Bonchev–Trinajstić information content (AvgIpc) is 2.59. The minimum atomic E-state index is -0.648. The Bertz CT molecular complexity index is 859. The first-order chi connectivity index (χ1) is 13.7. The highest BCUT2D eigenvalue weighted by molar-refractivity contribution is 6.32. The van der Waals surface area contributed by atoms with Crippen LogP contribution in [0.3, 0.4) is 0 Å². The fraction of sp³-hybridized carbons (Fsp3) is 0.600. The number of hydrogen-bond donors (Lipinski definition) is 2. The van der Waals surface area contributed by atoms with E-state index in [4.69, 9.17) is 16.3 Å². The number of carbonyl (C=O) groups is 2. The molecular weight excluding hydrogens is 400 g/mol. The topological polar surface area (TPSA) is 119 Å². The maximum Gasteiger partial charge on any atom is 0.306 e. The van der Waals surface area contributed by atoms with Crippen molar-refractivity contribution in [2.45, 2.75) is 50.5 Å². The Labute approximate surface area is 172 Å². The van der Waals surface area contributed by atoms with Crippen LogP contribution in [0.1, 0.15) is 44.9 Å². The molecule has 0 radical (unpaired) electrons. The molecule has 1 aromatic carbocycles. The average molecular weight is 423 g/mol. The lowest BCUT2D eigenvalue weighted by atomic mass is 9.47. The smallest absolute Gasteiger partial charge is 0.306 e. The van der Waals surface area contributed by atoms with E-state index in [0.29, 0.717) is 18.3 Å². The first kappa shape index (κ1) is 20.1. The van der Waals surface area contributed by atoms with Gasteiger partial charge < -0.3 is 15.2 Å². The number of halogens is 1. The maximum absolute atomic E-state index is 12.4. The van der Waals surface area contributed by atoms with Gasteiger partial charge in [0.1, 0.15) is 5.02 Å². The molecule has 29 heavy (non-hydrogen) atoms. The van der Waals surface area contributed by atoms with Crippen LogP contribution >= 0.6 is 11.6 Å². The molecule has 4 atom stereocenters. The van der Waals surface area contributed by atoms with Crippen LogP contribution in [0.4, 0.5) is 11.4 Å². The molecule has 0 aromatic heterocycles. The largest absolute Gasteiger partial charge is 0.456 e. The van der Waals surface area contributed by atoms with E-state index >= 15 is 0 Å². The van der Waals surface area contributed by atoms with Crippen LogP contribution in [-0.2, 0) is 14.3 Å². The second-order valence-corrected chi connectivity index (χ2v) is 9.40. The van der Waals surface area contributed by atoms with Crippen LogP contribution in [0.2, 0.25) is 5.02 Å². The van der Waals surface area contributed by atoms with Gasteiger partial charge >= 0.3 is 5.97 Å². The maximum atomic E-state index is 12.4. The van der Waals surface area contributed by atoms with Gasteiger partial charge in [-0.3, -0.25) is 19.7 Å². The van der Waals surface area contributed by atoms with Gasteiger partial charge in [0.2, 0.25) is 0 Å². The normalized spacial score (nSPS) is 32.1. The Morgan fingerprint density at radius 1 is 1.28 bits per heavy atom. The number of rotatable bonds is 6. The van der Waals surface area contributed by atoms with Gasteiger partial charge in [-0.15, -0.1) is 0 Å². The number of benzene rings is 1. The van der Waals surface area contributed by atoms with Gasteiger partial charge in [0.25, 0.3) is 11.6 Å². The molecule has 0 saturated heterocycles. The number of hydrogen-bond acceptors (Lipinski definition) is 6. The van der Waals surface area contributed by atoms with Gasteiger partial charge in [0.15, 0.2) is 6.61 Å². The molecule has 2 N–H and O–H groups in total. The highest BCUT2D eigenvalue weighted by atomic mass is 35.5. The third-order valence-corrected chi connectivity index (χ3v) is 6.78. The first-order valence-corrected chi connectivity index (χ1v) is 10.1. The number of esters is 1. The molecule has 2 unspecified atom stereocenters. The quantitative estimate of drug-likeness (QED) is 0.411. The third kappa shape index (κ3) is 4.23. The number of aliphatic hydroxyl groups is 1.